The second-order valence-corrected chi connectivity index (χ2v) is 4.15. The maximum atomic E-state index is 11.1. The number of alkyl carbamates (subject to hydrolysis) is 1. The number of carbonyl (C=O) groups excluding carboxylic acids is 1. The average Bonchev–Trinajstić information content (AvgIpc) is 2.00. The van der Waals surface area contributed by atoms with Gasteiger partial charge in [0.15, 0.2) is 0 Å². The summed E-state index contributed by atoms with van der Waals surface area (Å²) in [6, 6.07) is 0. The zero-order valence-electron chi connectivity index (χ0n) is 8.83. The third kappa shape index (κ3) is 7.81. The molecule has 0 aromatic carbocycles. The SMILES string of the molecule is CC(C)(C)OC(=O)NC/C=C(\Cl)C(=O)O. The Morgan fingerprint density at radius 2 is 2.00 bits per heavy atom. The smallest absolute Gasteiger partial charge is 0.407 e. The summed E-state index contributed by atoms with van der Waals surface area (Å²) in [5.41, 5.74) is -0.579. The lowest BCUT2D eigenvalue weighted by atomic mass is 10.2. The van der Waals surface area contributed by atoms with Crippen molar-refractivity contribution in [3.05, 3.63) is 11.1 Å². The van der Waals surface area contributed by atoms with Crippen molar-refractivity contribution >= 4 is 23.7 Å². The molecule has 0 aromatic heterocycles. The van der Waals surface area contributed by atoms with Crippen molar-refractivity contribution < 1.29 is 19.4 Å². The Bertz CT molecular complexity index is 280. The van der Waals surface area contributed by atoms with Crippen LogP contribution in [0.1, 0.15) is 20.8 Å². The van der Waals surface area contributed by atoms with Gasteiger partial charge in [-0.15, -0.1) is 0 Å². The van der Waals surface area contributed by atoms with Crippen LogP contribution < -0.4 is 5.32 Å². The fourth-order valence-electron chi connectivity index (χ4n) is 0.625. The summed E-state index contributed by atoms with van der Waals surface area (Å²) >= 11 is 5.30. The van der Waals surface area contributed by atoms with E-state index >= 15 is 0 Å². The second-order valence-electron chi connectivity index (χ2n) is 3.74. The molecule has 0 aliphatic heterocycles. The molecule has 0 aliphatic carbocycles. The highest BCUT2D eigenvalue weighted by Crippen LogP contribution is 2.06. The summed E-state index contributed by atoms with van der Waals surface area (Å²) in [7, 11) is 0. The Morgan fingerprint density at radius 1 is 1.47 bits per heavy atom. The van der Waals surface area contributed by atoms with Crippen LogP contribution in [-0.2, 0) is 9.53 Å². The Balaban J connectivity index is 3.93. The Hall–Kier alpha value is -1.23. The van der Waals surface area contributed by atoms with Crippen molar-refractivity contribution in [3.8, 4) is 0 Å². The Kier molecular flexibility index (Phi) is 5.14. The van der Waals surface area contributed by atoms with Crippen molar-refractivity contribution in [2.24, 2.45) is 0 Å². The fraction of sp³-hybridized carbons (Fsp3) is 0.556. The van der Waals surface area contributed by atoms with Crippen molar-refractivity contribution in [2.75, 3.05) is 6.54 Å². The van der Waals surface area contributed by atoms with Crippen LogP contribution in [0.25, 0.3) is 0 Å². The van der Waals surface area contributed by atoms with Crippen molar-refractivity contribution in [3.63, 3.8) is 0 Å². The number of aliphatic carboxylic acids is 1. The van der Waals surface area contributed by atoms with E-state index in [-0.39, 0.29) is 11.6 Å². The maximum Gasteiger partial charge on any atom is 0.407 e. The largest absolute Gasteiger partial charge is 0.477 e. The number of carboxylic acids is 1. The van der Waals surface area contributed by atoms with Gasteiger partial charge in [-0.05, 0) is 26.8 Å². The van der Waals surface area contributed by atoms with E-state index in [0.29, 0.717) is 0 Å². The Morgan fingerprint density at radius 3 is 2.40 bits per heavy atom. The number of hydrogen-bond acceptors (Lipinski definition) is 3. The number of carboxylic acid groups (broad SMARTS) is 1. The topological polar surface area (TPSA) is 75.6 Å². The molecule has 0 unspecified atom stereocenters. The van der Waals surface area contributed by atoms with E-state index in [1.807, 2.05) is 0 Å². The zero-order valence-corrected chi connectivity index (χ0v) is 9.59. The van der Waals surface area contributed by atoms with Crippen molar-refractivity contribution in [1.82, 2.24) is 5.32 Å². The molecule has 0 aliphatic rings. The Labute approximate surface area is 93.1 Å². The molecule has 0 rings (SSSR count). The van der Waals surface area contributed by atoms with E-state index in [1.54, 1.807) is 20.8 Å². The number of nitrogens with one attached hydrogen (secondary N) is 1. The van der Waals surface area contributed by atoms with Crippen LogP contribution in [0.3, 0.4) is 0 Å². The van der Waals surface area contributed by atoms with E-state index < -0.39 is 17.7 Å². The van der Waals surface area contributed by atoms with Crippen LogP contribution in [0.4, 0.5) is 4.79 Å². The number of ether oxygens (including phenoxy) is 1. The van der Waals surface area contributed by atoms with Crippen LogP contribution in [0.15, 0.2) is 11.1 Å². The number of amides is 1. The molecule has 0 atom stereocenters. The van der Waals surface area contributed by atoms with Gasteiger partial charge >= 0.3 is 12.1 Å². The zero-order chi connectivity index (χ0) is 12.1. The number of hydrogen-bond donors (Lipinski definition) is 2. The van der Waals surface area contributed by atoms with Gasteiger partial charge in [-0.25, -0.2) is 9.59 Å². The van der Waals surface area contributed by atoms with E-state index in [9.17, 15) is 9.59 Å². The molecular weight excluding hydrogens is 222 g/mol. The van der Waals surface area contributed by atoms with E-state index in [4.69, 9.17) is 21.4 Å². The van der Waals surface area contributed by atoms with Crippen LogP contribution in [0.5, 0.6) is 0 Å². The van der Waals surface area contributed by atoms with Crippen LogP contribution in [-0.4, -0.2) is 29.3 Å². The summed E-state index contributed by atoms with van der Waals surface area (Å²) in [5.74, 6) is -1.23. The van der Waals surface area contributed by atoms with Crippen molar-refractivity contribution in [1.29, 1.82) is 0 Å². The molecule has 0 saturated carbocycles. The second kappa shape index (κ2) is 5.60. The molecule has 0 heterocycles. The highest BCUT2D eigenvalue weighted by molar-refractivity contribution is 6.40. The fourth-order valence-corrected chi connectivity index (χ4v) is 0.703. The van der Waals surface area contributed by atoms with Gasteiger partial charge in [-0.1, -0.05) is 11.6 Å². The lowest BCUT2D eigenvalue weighted by Gasteiger charge is -2.19. The molecule has 0 bridgehead atoms. The first kappa shape index (κ1) is 13.8. The average molecular weight is 236 g/mol. The first-order valence-electron chi connectivity index (χ1n) is 4.28. The molecule has 0 fully saturated rings. The minimum atomic E-state index is -1.23. The predicted molar refractivity (Wildman–Crippen MR) is 55.8 cm³/mol. The number of rotatable bonds is 3. The highest BCUT2D eigenvalue weighted by Gasteiger charge is 2.15. The van der Waals surface area contributed by atoms with Gasteiger partial charge in [0, 0.05) is 6.54 Å². The first-order chi connectivity index (χ1) is 6.72. The van der Waals surface area contributed by atoms with E-state index in [2.05, 4.69) is 5.32 Å². The first-order valence-corrected chi connectivity index (χ1v) is 4.66. The predicted octanol–water partition coefficient (Wildman–Crippen LogP) is 1.72. The molecule has 1 amide bonds. The lowest BCUT2D eigenvalue weighted by molar-refractivity contribution is -0.131. The molecule has 6 heteroatoms. The lowest BCUT2D eigenvalue weighted by Crippen LogP contribution is -2.32. The van der Waals surface area contributed by atoms with Crippen LogP contribution in [0.2, 0.25) is 0 Å². The molecule has 86 valence electrons. The molecule has 0 spiro atoms. The van der Waals surface area contributed by atoms with Gasteiger partial charge in [0.2, 0.25) is 0 Å². The number of carbonyl (C=O) groups is 2. The van der Waals surface area contributed by atoms with Gasteiger partial charge in [-0.3, -0.25) is 0 Å². The van der Waals surface area contributed by atoms with Gasteiger partial charge in [-0.2, -0.15) is 0 Å². The normalized spacial score (nSPS) is 12.1. The summed E-state index contributed by atoms with van der Waals surface area (Å²) < 4.78 is 4.91. The van der Waals surface area contributed by atoms with Gasteiger partial charge < -0.3 is 15.2 Å². The van der Waals surface area contributed by atoms with Crippen LogP contribution in [0, 0.1) is 0 Å². The molecule has 0 aromatic rings. The molecule has 2 N–H and O–H groups in total. The molecule has 5 nitrogen and oxygen atoms in total. The molecule has 0 saturated heterocycles. The standard InChI is InChI=1S/C9H14ClNO4/c1-9(2,3)15-8(14)11-5-4-6(10)7(12)13/h4H,5H2,1-3H3,(H,11,14)(H,12,13)/b6-4-. The van der Waals surface area contributed by atoms with Gasteiger partial charge in [0.05, 0.1) is 0 Å². The summed E-state index contributed by atoms with van der Waals surface area (Å²) in [6.45, 7) is 5.20. The third-order valence-corrected chi connectivity index (χ3v) is 1.45. The van der Waals surface area contributed by atoms with Gasteiger partial charge in [0.1, 0.15) is 10.6 Å². The minimum absolute atomic E-state index is 0.0139. The van der Waals surface area contributed by atoms with Crippen molar-refractivity contribution in [2.45, 2.75) is 26.4 Å². The summed E-state index contributed by atoms with van der Waals surface area (Å²) in [5, 5.41) is 10.4. The highest BCUT2D eigenvalue weighted by atomic mass is 35.5. The quantitative estimate of drug-likeness (QED) is 0.731. The molecule has 0 radical (unpaired) electrons. The monoisotopic (exact) mass is 235 g/mol. The van der Waals surface area contributed by atoms with E-state index in [0.717, 1.165) is 0 Å². The van der Waals surface area contributed by atoms with Crippen LogP contribution >= 0.6 is 11.6 Å². The minimum Gasteiger partial charge on any atom is -0.477 e. The number of halogens is 1. The third-order valence-electron chi connectivity index (χ3n) is 1.13. The molecule has 15 heavy (non-hydrogen) atoms. The summed E-state index contributed by atoms with van der Waals surface area (Å²) in [6.07, 6.45) is 0.557. The molecular formula is C9H14ClNO4. The van der Waals surface area contributed by atoms with E-state index in [1.165, 1.54) is 6.08 Å². The van der Waals surface area contributed by atoms with Gasteiger partial charge in [0.25, 0.3) is 0 Å². The maximum absolute atomic E-state index is 11.1. The summed E-state index contributed by atoms with van der Waals surface area (Å²) in [4.78, 5) is 21.3.